The third-order valence-corrected chi connectivity index (χ3v) is 6.16. The molecule has 0 aliphatic carbocycles. The van der Waals surface area contributed by atoms with Crippen molar-refractivity contribution in [1.29, 1.82) is 0 Å². The molecule has 0 atom stereocenters. The Balaban J connectivity index is 2.13. The molecule has 2 heterocycles. The Kier molecular flexibility index (Phi) is 3.54. The van der Waals surface area contributed by atoms with Crippen LogP contribution in [0.1, 0.15) is 11.3 Å². The zero-order chi connectivity index (χ0) is 15.9. The van der Waals surface area contributed by atoms with Gasteiger partial charge in [0.05, 0.1) is 5.39 Å². The summed E-state index contributed by atoms with van der Waals surface area (Å²) in [6.07, 6.45) is 0. The van der Waals surface area contributed by atoms with Gasteiger partial charge in [-0.2, -0.15) is 0 Å². The minimum absolute atomic E-state index is 0.118. The highest BCUT2D eigenvalue weighted by Crippen LogP contribution is 2.41. The maximum absolute atomic E-state index is 12.5. The number of rotatable bonds is 3. The maximum Gasteiger partial charge on any atom is 0.275 e. The Morgan fingerprint density at radius 1 is 1.18 bits per heavy atom. The highest BCUT2D eigenvalue weighted by Gasteiger charge is 2.25. The van der Waals surface area contributed by atoms with Crippen LogP contribution >= 0.6 is 11.3 Å². The normalized spacial score (nSPS) is 11.7. The SMILES string of the molecule is Cc1cc(C)c2c(O)c(S(=O)(=O)Nc3ccccc3)sc2n1. The van der Waals surface area contributed by atoms with E-state index in [1.807, 2.05) is 19.9 Å². The van der Waals surface area contributed by atoms with E-state index in [-0.39, 0.29) is 9.96 Å². The number of hydrogen-bond acceptors (Lipinski definition) is 5. The molecule has 0 spiro atoms. The van der Waals surface area contributed by atoms with Gasteiger partial charge in [-0.25, -0.2) is 13.4 Å². The number of sulfonamides is 1. The van der Waals surface area contributed by atoms with Gasteiger partial charge < -0.3 is 5.11 Å². The molecule has 3 aromatic rings. The molecule has 114 valence electrons. The predicted molar refractivity (Wildman–Crippen MR) is 88.0 cm³/mol. The van der Waals surface area contributed by atoms with Crippen LogP contribution < -0.4 is 4.72 Å². The summed E-state index contributed by atoms with van der Waals surface area (Å²) in [5.41, 5.74) is 2.03. The lowest BCUT2D eigenvalue weighted by Crippen LogP contribution is -2.11. The fraction of sp³-hybridized carbons (Fsp3) is 0.133. The van der Waals surface area contributed by atoms with E-state index in [4.69, 9.17) is 0 Å². The molecular formula is C15H14N2O3S2. The van der Waals surface area contributed by atoms with Crippen LogP contribution in [0.3, 0.4) is 0 Å². The van der Waals surface area contributed by atoms with E-state index in [0.717, 1.165) is 22.6 Å². The van der Waals surface area contributed by atoms with Crippen molar-refractivity contribution in [1.82, 2.24) is 4.98 Å². The first-order chi connectivity index (χ1) is 10.4. The van der Waals surface area contributed by atoms with Crippen molar-refractivity contribution >= 4 is 37.3 Å². The van der Waals surface area contributed by atoms with Gasteiger partial charge in [-0.3, -0.25) is 4.72 Å². The molecule has 0 bridgehead atoms. The summed E-state index contributed by atoms with van der Waals surface area (Å²) >= 11 is 0.967. The lowest BCUT2D eigenvalue weighted by Gasteiger charge is -2.06. The van der Waals surface area contributed by atoms with Crippen molar-refractivity contribution in [3.63, 3.8) is 0 Å². The van der Waals surface area contributed by atoms with E-state index in [1.54, 1.807) is 30.3 Å². The summed E-state index contributed by atoms with van der Waals surface area (Å²) in [5.74, 6) is -0.242. The van der Waals surface area contributed by atoms with E-state index < -0.39 is 10.0 Å². The highest BCUT2D eigenvalue weighted by atomic mass is 32.2. The molecule has 5 nitrogen and oxygen atoms in total. The van der Waals surface area contributed by atoms with E-state index in [1.165, 1.54) is 0 Å². The van der Waals surface area contributed by atoms with Crippen molar-refractivity contribution in [2.75, 3.05) is 4.72 Å². The number of hydrogen-bond donors (Lipinski definition) is 2. The minimum Gasteiger partial charge on any atom is -0.505 e. The number of nitrogens with one attached hydrogen (secondary N) is 1. The first-order valence-electron chi connectivity index (χ1n) is 6.56. The first-order valence-corrected chi connectivity index (χ1v) is 8.86. The Morgan fingerprint density at radius 3 is 2.55 bits per heavy atom. The number of nitrogens with zero attached hydrogens (tertiary/aromatic N) is 1. The number of aromatic nitrogens is 1. The summed E-state index contributed by atoms with van der Waals surface area (Å²) in [7, 11) is -3.86. The average molecular weight is 334 g/mol. The molecule has 3 rings (SSSR count). The fourth-order valence-corrected chi connectivity index (χ4v) is 4.91. The molecule has 0 aliphatic heterocycles. The predicted octanol–water partition coefficient (Wildman–Crippen LogP) is 3.42. The number of pyridine rings is 1. The van der Waals surface area contributed by atoms with E-state index in [9.17, 15) is 13.5 Å². The summed E-state index contributed by atoms with van der Waals surface area (Å²) < 4.78 is 27.3. The van der Waals surface area contributed by atoms with Crippen LogP contribution in [0.25, 0.3) is 10.2 Å². The summed E-state index contributed by atoms with van der Waals surface area (Å²) in [6, 6.07) is 10.4. The van der Waals surface area contributed by atoms with Crippen molar-refractivity contribution in [2.45, 2.75) is 18.1 Å². The fourth-order valence-electron chi connectivity index (χ4n) is 2.29. The van der Waals surface area contributed by atoms with Gasteiger partial charge in [-0.15, -0.1) is 0 Å². The van der Waals surface area contributed by atoms with E-state index >= 15 is 0 Å². The molecule has 0 radical (unpaired) electrons. The molecular weight excluding hydrogens is 320 g/mol. The van der Waals surface area contributed by atoms with Crippen LogP contribution in [0.2, 0.25) is 0 Å². The van der Waals surface area contributed by atoms with Gasteiger partial charge in [-0.1, -0.05) is 29.5 Å². The molecule has 0 saturated heterocycles. The van der Waals surface area contributed by atoms with Gasteiger partial charge in [-0.05, 0) is 37.6 Å². The van der Waals surface area contributed by atoms with Gasteiger partial charge in [0.25, 0.3) is 10.0 Å². The van der Waals surface area contributed by atoms with Gasteiger partial charge in [0, 0.05) is 11.4 Å². The van der Waals surface area contributed by atoms with E-state index in [0.29, 0.717) is 15.9 Å². The molecule has 1 aromatic carbocycles. The number of aryl methyl sites for hydroxylation is 2. The van der Waals surface area contributed by atoms with Crippen LogP contribution in [-0.4, -0.2) is 18.5 Å². The second kappa shape index (κ2) is 5.26. The number of aromatic hydroxyl groups is 1. The summed E-state index contributed by atoms with van der Waals surface area (Å²) in [5, 5.41) is 10.8. The molecule has 2 aromatic heterocycles. The third kappa shape index (κ3) is 2.53. The van der Waals surface area contributed by atoms with Gasteiger partial charge in [0.15, 0.2) is 9.96 Å². The zero-order valence-electron chi connectivity index (χ0n) is 12.0. The van der Waals surface area contributed by atoms with Crippen molar-refractivity contribution in [2.24, 2.45) is 0 Å². The van der Waals surface area contributed by atoms with Crippen LogP contribution in [0.5, 0.6) is 5.75 Å². The molecule has 0 saturated carbocycles. The first kappa shape index (κ1) is 14.8. The summed E-state index contributed by atoms with van der Waals surface area (Å²) in [6.45, 7) is 3.66. The quantitative estimate of drug-likeness (QED) is 0.769. The molecule has 0 unspecified atom stereocenters. The molecule has 22 heavy (non-hydrogen) atoms. The topological polar surface area (TPSA) is 79.3 Å². The van der Waals surface area contributed by atoms with E-state index in [2.05, 4.69) is 9.71 Å². The monoisotopic (exact) mass is 334 g/mol. The Morgan fingerprint density at radius 2 is 1.86 bits per heavy atom. The Labute approximate surface area is 132 Å². The van der Waals surface area contributed by atoms with Crippen LogP contribution in [-0.2, 0) is 10.0 Å². The van der Waals surface area contributed by atoms with Gasteiger partial charge in [0.1, 0.15) is 4.83 Å². The number of anilines is 1. The van der Waals surface area contributed by atoms with Crippen molar-refractivity contribution < 1.29 is 13.5 Å². The number of para-hydroxylation sites is 1. The molecule has 0 fully saturated rings. The van der Waals surface area contributed by atoms with Crippen molar-refractivity contribution in [3.8, 4) is 5.75 Å². The molecule has 0 aliphatic rings. The Hall–Kier alpha value is -2.12. The van der Waals surface area contributed by atoms with Gasteiger partial charge in [0.2, 0.25) is 0 Å². The smallest absolute Gasteiger partial charge is 0.275 e. The summed E-state index contributed by atoms with van der Waals surface area (Å²) in [4.78, 5) is 4.82. The number of fused-ring (bicyclic) bond motifs is 1. The number of benzene rings is 1. The number of thiophene rings is 1. The highest BCUT2D eigenvalue weighted by molar-refractivity contribution is 7.95. The van der Waals surface area contributed by atoms with Crippen LogP contribution in [0.4, 0.5) is 5.69 Å². The van der Waals surface area contributed by atoms with Crippen LogP contribution in [0.15, 0.2) is 40.6 Å². The lowest BCUT2D eigenvalue weighted by molar-refractivity contribution is 0.470. The largest absolute Gasteiger partial charge is 0.505 e. The maximum atomic E-state index is 12.5. The van der Waals surface area contributed by atoms with Crippen LogP contribution in [0, 0.1) is 13.8 Å². The average Bonchev–Trinajstić information content (AvgIpc) is 2.77. The minimum atomic E-state index is -3.86. The van der Waals surface area contributed by atoms with Gasteiger partial charge >= 0.3 is 0 Å². The van der Waals surface area contributed by atoms with Crippen molar-refractivity contribution in [3.05, 3.63) is 47.7 Å². The zero-order valence-corrected chi connectivity index (χ0v) is 13.6. The lowest BCUT2D eigenvalue weighted by atomic mass is 10.2. The second-order valence-electron chi connectivity index (χ2n) is 4.97. The molecule has 7 heteroatoms. The second-order valence-corrected chi connectivity index (χ2v) is 7.85. The third-order valence-electron chi connectivity index (χ3n) is 3.20. The standard InChI is InChI=1S/C15H14N2O3S2/c1-9-8-10(2)16-14-12(9)13(18)15(21-14)22(19,20)17-11-6-4-3-5-7-11/h3-8,17-18H,1-2H3. The Bertz CT molecular complexity index is 948. The molecule has 0 amide bonds. The molecule has 2 N–H and O–H groups in total.